The zero-order valence-electron chi connectivity index (χ0n) is 19.4. The third-order valence-corrected chi connectivity index (χ3v) is 5.85. The predicted molar refractivity (Wildman–Crippen MR) is 130 cm³/mol. The standard InChI is InChI=1S/C25H32Cl2N2O3/c1-6-22(25(31)28-13-16(2)3)29(14-19-20(26)8-7-9-21(19)27)24(30)15-32-23-11-10-17(4)12-18(23)5/h7-12,16,22H,6,13-15H2,1-5H3,(H,28,31)/t22-/m0/s1. The Morgan fingerprint density at radius 1 is 1.09 bits per heavy atom. The second-order valence-corrected chi connectivity index (χ2v) is 9.16. The van der Waals surface area contributed by atoms with Gasteiger partial charge in [0.15, 0.2) is 6.61 Å². The van der Waals surface area contributed by atoms with Gasteiger partial charge in [0.25, 0.3) is 5.91 Å². The molecule has 2 amide bonds. The van der Waals surface area contributed by atoms with E-state index in [1.54, 1.807) is 18.2 Å². The predicted octanol–water partition coefficient (Wildman–Crippen LogP) is 5.57. The van der Waals surface area contributed by atoms with Crippen molar-refractivity contribution < 1.29 is 14.3 Å². The minimum Gasteiger partial charge on any atom is -0.483 e. The molecule has 0 aliphatic heterocycles. The van der Waals surface area contributed by atoms with Crippen LogP contribution >= 0.6 is 23.2 Å². The molecule has 32 heavy (non-hydrogen) atoms. The Hall–Kier alpha value is -2.24. The molecule has 0 spiro atoms. The minimum absolute atomic E-state index is 0.112. The van der Waals surface area contributed by atoms with Gasteiger partial charge in [-0.15, -0.1) is 0 Å². The second kappa shape index (κ2) is 12.1. The van der Waals surface area contributed by atoms with Crippen LogP contribution < -0.4 is 10.1 Å². The molecule has 174 valence electrons. The Labute approximate surface area is 201 Å². The van der Waals surface area contributed by atoms with E-state index in [4.69, 9.17) is 27.9 Å². The molecule has 0 radical (unpaired) electrons. The van der Waals surface area contributed by atoms with Crippen LogP contribution in [0.15, 0.2) is 36.4 Å². The summed E-state index contributed by atoms with van der Waals surface area (Å²) in [6.07, 6.45) is 0.446. The smallest absolute Gasteiger partial charge is 0.261 e. The van der Waals surface area contributed by atoms with Crippen molar-refractivity contribution in [2.24, 2.45) is 5.92 Å². The van der Waals surface area contributed by atoms with Gasteiger partial charge in [-0.25, -0.2) is 0 Å². The van der Waals surface area contributed by atoms with Crippen LogP contribution in [-0.4, -0.2) is 35.9 Å². The van der Waals surface area contributed by atoms with E-state index in [9.17, 15) is 9.59 Å². The van der Waals surface area contributed by atoms with E-state index in [0.29, 0.717) is 40.2 Å². The van der Waals surface area contributed by atoms with Crippen LogP contribution in [0.3, 0.4) is 0 Å². The molecule has 0 aliphatic carbocycles. The molecule has 1 atom stereocenters. The lowest BCUT2D eigenvalue weighted by Crippen LogP contribution is -2.50. The van der Waals surface area contributed by atoms with Crippen LogP contribution in [-0.2, 0) is 16.1 Å². The highest BCUT2D eigenvalue weighted by molar-refractivity contribution is 6.36. The monoisotopic (exact) mass is 478 g/mol. The minimum atomic E-state index is -0.670. The lowest BCUT2D eigenvalue weighted by Gasteiger charge is -2.31. The third kappa shape index (κ3) is 7.14. The molecular formula is C25H32Cl2N2O3. The van der Waals surface area contributed by atoms with Gasteiger partial charge in [0, 0.05) is 28.7 Å². The number of nitrogens with zero attached hydrogens (tertiary/aromatic N) is 1. The van der Waals surface area contributed by atoms with Crippen LogP contribution in [0.5, 0.6) is 5.75 Å². The van der Waals surface area contributed by atoms with Gasteiger partial charge in [0.1, 0.15) is 11.8 Å². The van der Waals surface area contributed by atoms with Gasteiger partial charge >= 0.3 is 0 Å². The van der Waals surface area contributed by atoms with Crippen LogP contribution in [0.2, 0.25) is 10.0 Å². The summed E-state index contributed by atoms with van der Waals surface area (Å²) in [5, 5.41) is 3.83. The molecule has 2 aromatic rings. The fourth-order valence-corrected chi connectivity index (χ4v) is 3.90. The SMILES string of the molecule is CC[C@@H](C(=O)NCC(C)C)N(Cc1c(Cl)cccc1Cl)C(=O)COc1ccc(C)cc1C. The highest BCUT2D eigenvalue weighted by Gasteiger charge is 2.30. The maximum Gasteiger partial charge on any atom is 0.261 e. The van der Waals surface area contributed by atoms with E-state index in [2.05, 4.69) is 5.32 Å². The van der Waals surface area contributed by atoms with Crippen molar-refractivity contribution in [3.63, 3.8) is 0 Å². The van der Waals surface area contributed by atoms with Crippen LogP contribution in [0.4, 0.5) is 0 Å². The first kappa shape index (κ1) is 26.0. The summed E-state index contributed by atoms with van der Waals surface area (Å²) < 4.78 is 5.82. The van der Waals surface area contributed by atoms with Gasteiger partial charge in [0.2, 0.25) is 5.91 Å². The lowest BCUT2D eigenvalue weighted by atomic mass is 10.1. The van der Waals surface area contributed by atoms with Crippen molar-refractivity contribution in [3.05, 3.63) is 63.1 Å². The van der Waals surface area contributed by atoms with E-state index >= 15 is 0 Å². The zero-order valence-corrected chi connectivity index (χ0v) is 20.9. The topological polar surface area (TPSA) is 58.6 Å². The van der Waals surface area contributed by atoms with Gasteiger partial charge in [-0.2, -0.15) is 0 Å². The molecule has 2 rings (SSSR count). The molecule has 0 unspecified atom stereocenters. The van der Waals surface area contributed by atoms with Crippen LogP contribution in [0, 0.1) is 19.8 Å². The first-order chi connectivity index (χ1) is 15.1. The fraction of sp³-hybridized carbons (Fsp3) is 0.440. The largest absolute Gasteiger partial charge is 0.483 e. The Balaban J connectivity index is 2.28. The summed E-state index contributed by atoms with van der Waals surface area (Å²) in [7, 11) is 0. The molecular weight excluding hydrogens is 447 g/mol. The normalized spacial score (nSPS) is 11.9. The first-order valence-corrected chi connectivity index (χ1v) is 11.6. The number of amides is 2. The molecule has 0 aliphatic rings. The summed E-state index contributed by atoms with van der Waals surface area (Å²) in [4.78, 5) is 27.7. The van der Waals surface area contributed by atoms with E-state index in [0.717, 1.165) is 11.1 Å². The fourth-order valence-electron chi connectivity index (χ4n) is 3.38. The van der Waals surface area contributed by atoms with Crippen molar-refractivity contribution in [2.75, 3.05) is 13.2 Å². The number of benzene rings is 2. The van der Waals surface area contributed by atoms with Gasteiger partial charge in [-0.3, -0.25) is 9.59 Å². The number of rotatable bonds is 10. The molecule has 0 bridgehead atoms. The molecule has 0 aromatic heterocycles. The highest BCUT2D eigenvalue weighted by Crippen LogP contribution is 2.27. The molecule has 0 fully saturated rings. The Morgan fingerprint density at radius 3 is 2.31 bits per heavy atom. The van der Waals surface area contributed by atoms with Crippen LogP contribution in [0.1, 0.15) is 43.9 Å². The quantitative estimate of drug-likeness (QED) is 0.485. The second-order valence-electron chi connectivity index (χ2n) is 8.34. The van der Waals surface area contributed by atoms with Crippen molar-refractivity contribution in [1.29, 1.82) is 0 Å². The number of nitrogens with one attached hydrogen (secondary N) is 1. The summed E-state index contributed by atoms with van der Waals surface area (Å²) in [6, 6.07) is 10.3. The number of aryl methyl sites for hydroxylation is 2. The molecule has 0 saturated heterocycles. The van der Waals surface area contributed by atoms with Gasteiger partial charge in [-0.05, 0) is 49.9 Å². The number of hydrogen-bond donors (Lipinski definition) is 1. The van der Waals surface area contributed by atoms with Crippen LogP contribution in [0.25, 0.3) is 0 Å². The van der Waals surface area contributed by atoms with Crippen molar-refractivity contribution in [3.8, 4) is 5.75 Å². The Kier molecular flexibility index (Phi) is 9.85. The van der Waals surface area contributed by atoms with Gasteiger partial charge in [-0.1, -0.05) is 67.7 Å². The summed E-state index contributed by atoms with van der Waals surface area (Å²) >= 11 is 12.7. The van der Waals surface area contributed by atoms with Gasteiger partial charge < -0.3 is 15.0 Å². The molecule has 0 heterocycles. The molecule has 5 nitrogen and oxygen atoms in total. The van der Waals surface area contributed by atoms with Gasteiger partial charge in [0.05, 0.1) is 0 Å². The van der Waals surface area contributed by atoms with E-state index in [-0.39, 0.29) is 25.0 Å². The summed E-state index contributed by atoms with van der Waals surface area (Å²) in [5.74, 6) is 0.417. The van der Waals surface area contributed by atoms with E-state index in [1.165, 1.54) is 4.90 Å². The van der Waals surface area contributed by atoms with E-state index in [1.807, 2.05) is 52.8 Å². The maximum atomic E-state index is 13.3. The highest BCUT2D eigenvalue weighted by atomic mass is 35.5. The lowest BCUT2D eigenvalue weighted by molar-refractivity contribution is -0.143. The summed E-state index contributed by atoms with van der Waals surface area (Å²) in [6.45, 7) is 10.3. The van der Waals surface area contributed by atoms with Crippen molar-refractivity contribution in [2.45, 2.75) is 53.6 Å². The maximum absolute atomic E-state index is 13.3. The molecule has 1 N–H and O–H groups in total. The molecule has 2 aromatic carbocycles. The average Bonchev–Trinajstić information content (AvgIpc) is 2.73. The molecule has 7 heteroatoms. The molecule has 0 saturated carbocycles. The number of ether oxygens (including phenoxy) is 1. The Morgan fingerprint density at radius 2 is 1.75 bits per heavy atom. The third-order valence-electron chi connectivity index (χ3n) is 5.14. The number of halogens is 2. The summed E-state index contributed by atoms with van der Waals surface area (Å²) in [5.41, 5.74) is 2.66. The van der Waals surface area contributed by atoms with Crippen molar-refractivity contribution >= 4 is 35.0 Å². The number of hydrogen-bond acceptors (Lipinski definition) is 3. The number of carbonyl (C=O) groups is 2. The Bertz CT molecular complexity index is 927. The average molecular weight is 479 g/mol. The number of carbonyl (C=O) groups excluding carboxylic acids is 2. The first-order valence-electron chi connectivity index (χ1n) is 10.8. The van der Waals surface area contributed by atoms with E-state index < -0.39 is 6.04 Å². The van der Waals surface area contributed by atoms with Crippen molar-refractivity contribution in [1.82, 2.24) is 10.2 Å². The zero-order chi connectivity index (χ0) is 23.8.